The largest absolute Gasteiger partial charge is 0.444 e. The van der Waals surface area contributed by atoms with Crippen LogP contribution in [-0.2, 0) is 4.74 Å². The lowest BCUT2D eigenvalue weighted by molar-refractivity contribution is 0.0529. The van der Waals surface area contributed by atoms with Gasteiger partial charge < -0.3 is 15.4 Å². The van der Waals surface area contributed by atoms with Gasteiger partial charge in [-0.1, -0.05) is 0 Å². The molecule has 1 aromatic rings. The molecule has 1 aromatic carbocycles. The molecule has 0 fully saturated rings. The number of ether oxygens (including phenoxy) is 1. The van der Waals surface area contributed by atoms with Gasteiger partial charge in [0.25, 0.3) is 11.8 Å². The van der Waals surface area contributed by atoms with Gasteiger partial charge in [-0.3, -0.25) is 14.5 Å². The first kappa shape index (κ1) is 16.8. The van der Waals surface area contributed by atoms with E-state index < -0.39 is 11.7 Å². The summed E-state index contributed by atoms with van der Waals surface area (Å²) >= 11 is 0. The lowest BCUT2D eigenvalue weighted by Gasteiger charge is -2.19. The number of carbonyl (C=O) groups is 3. The SMILES string of the molecule is CN1C(=O)c2ccc(NCCNC(=O)OC(C)(C)C)cc2C1=O. The van der Waals surface area contributed by atoms with E-state index in [2.05, 4.69) is 10.6 Å². The highest BCUT2D eigenvalue weighted by Crippen LogP contribution is 2.24. The summed E-state index contributed by atoms with van der Waals surface area (Å²) in [5, 5.41) is 5.72. The third-order valence-electron chi connectivity index (χ3n) is 3.21. The van der Waals surface area contributed by atoms with Crippen molar-refractivity contribution in [2.75, 3.05) is 25.5 Å². The van der Waals surface area contributed by atoms with Crippen molar-refractivity contribution < 1.29 is 19.1 Å². The first-order chi connectivity index (χ1) is 10.7. The van der Waals surface area contributed by atoms with E-state index in [0.29, 0.717) is 29.9 Å². The van der Waals surface area contributed by atoms with Crippen LogP contribution in [0.25, 0.3) is 0 Å². The Morgan fingerprint density at radius 3 is 2.43 bits per heavy atom. The van der Waals surface area contributed by atoms with Gasteiger partial charge in [-0.15, -0.1) is 0 Å². The molecule has 0 saturated heterocycles. The number of alkyl carbamates (subject to hydrolysis) is 1. The number of hydrogen-bond donors (Lipinski definition) is 2. The molecule has 1 heterocycles. The lowest BCUT2D eigenvalue weighted by atomic mass is 10.1. The maximum Gasteiger partial charge on any atom is 0.407 e. The highest BCUT2D eigenvalue weighted by Gasteiger charge is 2.32. The number of rotatable bonds is 4. The Kier molecular flexibility index (Phi) is 4.58. The Hall–Kier alpha value is -2.57. The summed E-state index contributed by atoms with van der Waals surface area (Å²) in [5.74, 6) is -0.594. The van der Waals surface area contributed by atoms with Crippen LogP contribution in [0.2, 0.25) is 0 Å². The molecule has 1 aliphatic heterocycles. The zero-order valence-electron chi connectivity index (χ0n) is 13.7. The molecule has 0 aromatic heterocycles. The normalized spacial score (nSPS) is 13.8. The van der Waals surface area contributed by atoms with Crippen LogP contribution in [0.4, 0.5) is 10.5 Å². The van der Waals surface area contributed by atoms with Gasteiger partial charge in [0.1, 0.15) is 5.60 Å². The third kappa shape index (κ3) is 4.00. The molecule has 7 heteroatoms. The van der Waals surface area contributed by atoms with E-state index in [9.17, 15) is 14.4 Å². The molecule has 3 amide bonds. The highest BCUT2D eigenvalue weighted by molar-refractivity contribution is 6.21. The van der Waals surface area contributed by atoms with E-state index >= 15 is 0 Å². The van der Waals surface area contributed by atoms with E-state index in [1.165, 1.54) is 7.05 Å². The maximum absolute atomic E-state index is 11.9. The number of fused-ring (bicyclic) bond motifs is 1. The van der Waals surface area contributed by atoms with Crippen LogP contribution in [0.1, 0.15) is 41.5 Å². The minimum atomic E-state index is -0.531. The van der Waals surface area contributed by atoms with Crippen molar-refractivity contribution in [3.05, 3.63) is 29.3 Å². The standard InChI is InChI=1S/C16H21N3O4/c1-16(2,3)23-15(22)18-8-7-17-10-5-6-11-12(9-10)14(21)19(4)13(11)20/h5-6,9,17H,7-8H2,1-4H3,(H,18,22). The number of hydrogen-bond acceptors (Lipinski definition) is 5. The van der Waals surface area contributed by atoms with Crippen LogP contribution < -0.4 is 10.6 Å². The molecule has 0 radical (unpaired) electrons. The van der Waals surface area contributed by atoms with Crippen molar-refractivity contribution in [3.8, 4) is 0 Å². The van der Waals surface area contributed by atoms with Crippen molar-refractivity contribution in [2.45, 2.75) is 26.4 Å². The van der Waals surface area contributed by atoms with Crippen LogP contribution in [-0.4, -0.2) is 48.5 Å². The second-order valence-corrected chi connectivity index (χ2v) is 6.29. The molecule has 2 rings (SSSR count). The van der Waals surface area contributed by atoms with Crippen molar-refractivity contribution in [1.29, 1.82) is 0 Å². The number of nitrogens with one attached hydrogen (secondary N) is 2. The predicted octanol–water partition coefficient (Wildman–Crippen LogP) is 1.85. The average Bonchev–Trinajstić information content (AvgIpc) is 2.67. The maximum atomic E-state index is 11.9. The quantitative estimate of drug-likeness (QED) is 0.653. The molecule has 124 valence electrons. The van der Waals surface area contributed by atoms with Crippen LogP contribution in [0, 0.1) is 0 Å². The number of nitrogens with zero attached hydrogens (tertiary/aromatic N) is 1. The Bertz CT molecular complexity index is 649. The molecule has 0 atom stereocenters. The van der Waals surface area contributed by atoms with E-state index in [1.807, 2.05) is 0 Å². The molecule has 7 nitrogen and oxygen atoms in total. The van der Waals surface area contributed by atoms with Gasteiger partial charge in [0.15, 0.2) is 0 Å². The zero-order valence-corrected chi connectivity index (χ0v) is 13.7. The molecule has 2 N–H and O–H groups in total. The zero-order chi connectivity index (χ0) is 17.2. The van der Waals surface area contributed by atoms with Gasteiger partial charge in [-0.2, -0.15) is 0 Å². The van der Waals surface area contributed by atoms with E-state index in [4.69, 9.17) is 4.74 Å². The van der Waals surface area contributed by atoms with Crippen LogP contribution in [0.3, 0.4) is 0 Å². The van der Waals surface area contributed by atoms with E-state index in [1.54, 1.807) is 39.0 Å². The molecule has 0 aliphatic carbocycles. The molecular weight excluding hydrogens is 298 g/mol. The number of amides is 3. The predicted molar refractivity (Wildman–Crippen MR) is 85.6 cm³/mol. The Labute approximate surface area is 135 Å². The first-order valence-corrected chi connectivity index (χ1v) is 7.36. The molecular formula is C16H21N3O4. The van der Waals surface area contributed by atoms with Crippen molar-refractivity contribution in [3.63, 3.8) is 0 Å². The van der Waals surface area contributed by atoms with Gasteiger partial charge in [0, 0.05) is 25.8 Å². The fourth-order valence-corrected chi connectivity index (χ4v) is 2.16. The number of carbonyl (C=O) groups excluding carboxylic acids is 3. The summed E-state index contributed by atoms with van der Waals surface area (Å²) in [5.41, 5.74) is 0.986. The number of imide groups is 1. The fourth-order valence-electron chi connectivity index (χ4n) is 2.16. The summed E-state index contributed by atoms with van der Waals surface area (Å²) in [4.78, 5) is 36.3. The topological polar surface area (TPSA) is 87.7 Å². The second-order valence-electron chi connectivity index (χ2n) is 6.29. The Morgan fingerprint density at radius 1 is 1.13 bits per heavy atom. The molecule has 0 bridgehead atoms. The molecule has 0 saturated carbocycles. The third-order valence-corrected chi connectivity index (χ3v) is 3.21. The molecule has 0 unspecified atom stereocenters. The van der Waals surface area contributed by atoms with Crippen molar-refractivity contribution in [2.24, 2.45) is 0 Å². The first-order valence-electron chi connectivity index (χ1n) is 7.36. The summed E-state index contributed by atoms with van der Waals surface area (Å²) in [7, 11) is 1.46. The van der Waals surface area contributed by atoms with Crippen LogP contribution in [0.15, 0.2) is 18.2 Å². The van der Waals surface area contributed by atoms with Gasteiger partial charge in [0.2, 0.25) is 0 Å². The molecule has 23 heavy (non-hydrogen) atoms. The highest BCUT2D eigenvalue weighted by atomic mass is 16.6. The van der Waals surface area contributed by atoms with Gasteiger partial charge in [-0.05, 0) is 39.0 Å². The second kappa shape index (κ2) is 6.28. The Balaban J connectivity index is 1.85. The number of anilines is 1. The molecule has 0 spiro atoms. The summed E-state index contributed by atoms with van der Waals surface area (Å²) in [6.45, 7) is 6.23. The Morgan fingerprint density at radius 2 is 1.78 bits per heavy atom. The van der Waals surface area contributed by atoms with E-state index in [-0.39, 0.29) is 11.8 Å². The van der Waals surface area contributed by atoms with Gasteiger partial charge in [0.05, 0.1) is 11.1 Å². The summed E-state index contributed by atoms with van der Waals surface area (Å²) in [6, 6.07) is 5.01. The summed E-state index contributed by atoms with van der Waals surface area (Å²) in [6.07, 6.45) is -0.476. The van der Waals surface area contributed by atoms with Gasteiger partial charge in [-0.25, -0.2) is 4.79 Å². The smallest absolute Gasteiger partial charge is 0.407 e. The minimum Gasteiger partial charge on any atom is -0.444 e. The number of benzene rings is 1. The average molecular weight is 319 g/mol. The minimum absolute atomic E-state index is 0.289. The fraction of sp³-hybridized carbons (Fsp3) is 0.438. The van der Waals surface area contributed by atoms with E-state index in [0.717, 1.165) is 4.90 Å². The van der Waals surface area contributed by atoms with Crippen LogP contribution in [0.5, 0.6) is 0 Å². The van der Waals surface area contributed by atoms with Crippen molar-refractivity contribution >= 4 is 23.6 Å². The van der Waals surface area contributed by atoms with Crippen LogP contribution >= 0.6 is 0 Å². The summed E-state index contributed by atoms with van der Waals surface area (Å²) < 4.78 is 5.12. The molecule has 1 aliphatic rings. The lowest BCUT2D eigenvalue weighted by Crippen LogP contribution is -2.35. The monoisotopic (exact) mass is 319 g/mol. The van der Waals surface area contributed by atoms with Gasteiger partial charge >= 0.3 is 6.09 Å². The van der Waals surface area contributed by atoms with Crippen molar-refractivity contribution in [1.82, 2.24) is 10.2 Å².